The summed E-state index contributed by atoms with van der Waals surface area (Å²) in [6, 6.07) is 6.37. The van der Waals surface area contributed by atoms with Gasteiger partial charge in [0.2, 0.25) is 0 Å². The number of hydrogen-bond acceptors (Lipinski definition) is 4. The first-order valence-corrected chi connectivity index (χ1v) is 9.04. The first-order chi connectivity index (χ1) is 10.8. The van der Waals surface area contributed by atoms with Crippen molar-refractivity contribution in [2.75, 3.05) is 26.0 Å². The van der Waals surface area contributed by atoms with E-state index in [0.717, 1.165) is 17.9 Å². The van der Waals surface area contributed by atoms with E-state index in [1.165, 1.54) is 11.1 Å². The number of ether oxygens (including phenoxy) is 2. The Morgan fingerprint density at radius 2 is 2.04 bits per heavy atom. The molecule has 1 aliphatic heterocycles. The number of nitrogens with one attached hydrogen (secondary N) is 1. The minimum Gasteiger partial charge on any atom is -0.497 e. The molecule has 0 aromatic heterocycles. The maximum absolute atomic E-state index is 11.5. The van der Waals surface area contributed by atoms with Gasteiger partial charge in [0.05, 0.1) is 13.7 Å². The van der Waals surface area contributed by atoms with E-state index >= 15 is 0 Å². The van der Waals surface area contributed by atoms with E-state index in [9.17, 15) is 4.79 Å². The highest BCUT2D eigenvalue weighted by Gasteiger charge is 2.40. The Morgan fingerprint density at radius 1 is 1.30 bits per heavy atom. The fourth-order valence-electron chi connectivity index (χ4n) is 2.97. The summed E-state index contributed by atoms with van der Waals surface area (Å²) in [4.78, 5) is 11.5. The van der Waals surface area contributed by atoms with E-state index in [1.807, 2.05) is 24.8 Å². The lowest BCUT2D eigenvalue weighted by molar-refractivity contribution is 0.152. The summed E-state index contributed by atoms with van der Waals surface area (Å²) in [5, 5.41) is 2.83. The Morgan fingerprint density at radius 3 is 2.70 bits per heavy atom. The Balaban J connectivity index is 2.21. The molecule has 1 atom stereocenters. The molecular formula is C18H27NO3S. The minimum absolute atomic E-state index is 0.0428. The molecule has 5 heteroatoms. The predicted octanol–water partition coefficient (Wildman–Crippen LogP) is 4.07. The number of benzene rings is 1. The highest BCUT2D eigenvalue weighted by molar-refractivity contribution is 8.00. The average Bonchev–Trinajstić information content (AvgIpc) is 2.52. The van der Waals surface area contributed by atoms with E-state index in [0.29, 0.717) is 13.2 Å². The lowest BCUT2D eigenvalue weighted by atomic mass is 9.78. The average molecular weight is 337 g/mol. The van der Waals surface area contributed by atoms with Gasteiger partial charge in [0.15, 0.2) is 0 Å². The van der Waals surface area contributed by atoms with Crippen molar-refractivity contribution in [3.63, 3.8) is 0 Å². The van der Waals surface area contributed by atoms with Crippen LogP contribution in [-0.2, 0) is 14.9 Å². The van der Waals surface area contributed by atoms with Crippen molar-refractivity contribution in [2.45, 2.75) is 44.3 Å². The van der Waals surface area contributed by atoms with Crippen LogP contribution in [0.4, 0.5) is 4.79 Å². The molecule has 4 nitrogen and oxygen atoms in total. The van der Waals surface area contributed by atoms with Crippen LogP contribution in [0, 0.1) is 0 Å². The van der Waals surface area contributed by atoms with Gasteiger partial charge < -0.3 is 14.8 Å². The molecule has 0 aliphatic carbocycles. The molecule has 0 bridgehead atoms. The van der Waals surface area contributed by atoms with Gasteiger partial charge in [-0.25, -0.2) is 4.79 Å². The molecule has 0 radical (unpaired) electrons. The molecule has 0 saturated heterocycles. The van der Waals surface area contributed by atoms with Crippen LogP contribution in [0.2, 0.25) is 0 Å². The molecule has 1 N–H and O–H groups in total. The monoisotopic (exact) mass is 337 g/mol. The number of hydrogen-bond donors (Lipinski definition) is 1. The summed E-state index contributed by atoms with van der Waals surface area (Å²) < 4.78 is 10.3. The quantitative estimate of drug-likeness (QED) is 0.880. The van der Waals surface area contributed by atoms with Crippen molar-refractivity contribution in [2.24, 2.45) is 0 Å². The molecule has 1 unspecified atom stereocenters. The van der Waals surface area contributed by atoms with Gasteiger partial charge in [-0.1, -0.05) is 19.9 Å². The van der Waals surface area contributed by atoms with Crippen molar-refractivity contribution in [1.29, 1.82) is 0 Å². The van der Waals surface area contributed by atoms with Gasteiger partial charge in [-0.05, 0) is 48.9 Å². The largest absolute Gasteiger partial charge is 0.497 e. The van der Waals surface area contributed by atoms with Crippen LogP contribution in [-0.4, -0.2) is 32.1 Å². The van der Waals surface area contributed by atoms with E-state index in [1.54, 1.807) is 7.11 Å². The highest BCUT2D eigenvalue weighted by atomic mass is 32.2. The summed E-state index contributed by atoms with van der Waals surface area (Å²) in [7, 11) is 1.70. The third-order valence-corrected chi connectivity index (χ3v) is 6.35. The van der Waals surface area contributed by atoms with Gasteiger partial charge in [-0.2, -0.15) is 0 Å². The molecule has 1 heterocycles. The first-order valence-electron chi connectivity index (χ1n) is 8.06. The summed E-state index contributed by atoms with van der Waals surface area (Å²) in [5.41, 5.74) is 2.82. The minimum atomic E-state index is -0.344. The van der Waals surface area contributed by atoms with Crippen LogP contribution >= 0.6 is 11.8 Å². The zero-order chi connectivity index (χ0) is 17.1. The molecule has 0 spiro atoms. The maximum Gasteiger partial charge on any atom is 0.407 e. The van der Waals surface area contributed by atoms with Gasteiger partial charge in [0.25, 0.3) is 0 Å². The number of carbonyl (C=O) groups excluding carboxylic acids is 1. The second-order valence-electron chi connectivity index (χ2n) is 6.71. The van der Waals surface area contributed by atoms with Crippen molar-refractivity contribution >= 4 is 17.9 Å². The zero-order valence-corrected chi connectivity index (χ0v) is 15.5. The molecule has 1 aliphatic rings. The van der Waals surface area contributed by atoms with Gasteiger partial charge in [-0.3, -0.25) is 0 Å². The molecule has 1 aromatic carbocycles. The third kappa shape index (κ3) is 3.94. The summed E-state index contributed by atoms with van der Waals surface area (Å²) in [5.74, 6) is 1.94. The van der Waals surface area contributed by atoms with Crippen LogP contribution in [0.3, 0.4) is 0 Å². The van der Waals surface area contributed by atoms with Crippen LogP contribution < -0.4 is 10.1 Å². The molecule has 23 heavy (non-hydrogen) atoms. The second-order valence-corrected chi connectivity index (χ2v) is 8.19. The smallest absolute Gasteiger partial charge is 0.407 e. The van der Waals surface area contributed by atoms with Crippen LogP contribution in [0.5, 0.6) is 5.75 Å². The fraction of sp³-hybridized carbons (Fsp3) is 0.611. The molecule has 1 amide bonds. The Kier molecular flexibility index (Phi) is 5.50. The maximum atomic E-state index is 11.5. The van der Waals surface area contributed by atoms with Gasteiger partial charge in [0, 0.05) is 17.0 Å². The normalized spacial score (nSPS) is 22.1. The standard InChI is InChI=1S/C18H27NO3S/c1-6-22-16(20)19-10-9-18(4)15-11-13(21-5)7-8-14(15)17(2,3)12-23-18/h7-8,11H,6,9-10,12H2,1-5H3,(H,19,20). The molecular weight excluding hydrogens is 310 g/mol. The number of methoxy groups -OCH3 is 1. The third-order valence-electron chi connectivity index (χ3n) is 4.42. The van der Waals surface area contributed by atoms with Crippen LogP contribution in [0.25, 0.3) is 0 Å². The van der Waals surface area contributed by atoms with Gasteiger partial charge >= 0.3 is 6.09 Å². The Bertz CT molecular complexity index is 573. The second kappa shape index (κ2) is 7.04. The molecule has 2 rings (SSSR count). The number of alkyl carbamates (subject to hydrolysis) is 1. The summed E-state index contributed by atoms with van der Waals surface area (Å²) >= 11 is 1.95. The fourth-order valence-corrected chi connectivity index (χ4v) is 4.37. The van der Waals surface area contributed by atoms with E-state index in [-0.39, 0.29) is 16.3 Å². The van der Waals surface area contributed by atoms with Crippen LogP contribution in [0.1, 0.15) is 45.2 Å². The number of carbonyl (C=O) groups is 1. The molecule has 0 fully saturated rings. The molecule has 128 valence electrons. The van der Waals surface area contributed by atoms with E-state index in [2.05, 4.69) is 38.2 Å². The summed E-state index contributed by atoms with van der Waals surface area (Å²) in [6.45, 7) is 9.61. The highest BCUT2D eigenvalue weighted by Crippen LogP contribution is 2.51. The Hall–Kier alpha value is -1.36. The molecule has 0 saturated carbocycles. The van der Waals surface area contributed by atoms with Crippen molar-refractivity contribution in [3.8, 4) is 5.75 Å². The van der Waals surface area contributed by atoms with Crippen LogP contribution in [0.15, 0.2) is 18.2 Å². The van der Waals surface area contributed by atoms with Crippen molar-refractivity contribution in [1.82, 2.24) is 5.32 Å². The molecule has 1 aromatic rings. The number of rotatable bonds is 5. The van der Waals surface area contributed by atoms with Crippen molar-refractivity contribution < 1.29 is 14.3 Å². The topological polar surface area (TPSA) is 47.6 Å². The lowest BCUT2D eigenvalue weighted by Gasteiger charge is -2.43. The SMILES string of the molecule is CCOC(=O)NCCC1(C)SCC(C)(C)c2ccc(OC)cc21. The van der Waals surface area contributed by atoms with Gasteiger partial charge in [-0.15, -0.1) is 11.8 Å². The number of thioether (sulfide) groups is 1. The number of amides is 1. The lowest BCUT2D eigenvalue weighted by Crippen LogP contribution is -2.37. The Labute approximate surface area is 143 Å². The van der Waals surface area contributed by atoms with E-state index in [4.69, 9.17) is 9.47 Å². The summed E-state index contributed by atoms with van der Waals surface area (Å²) in [6.07, 6.45) is 0.510. The number of fused-ring (bicyclic) bond motifs is 1. The first kappa shape index (κ1) is 18.0. The van der Waals surface area contributed by atoms with E-state index < -0.39 is 0 Å². The van der Waals surface area contributed by atoms with Gasteiger partial charge in [0.1, 0.15) is 5.75 Å². The predicted molar refractivity (Wildman–Crippen MR) is 95.5 cm³/mol. The van der Waals surface area contributed by atoms with Crippen molar-refractivity contribution in [3.05, 3.63) is 29.3 Å². The zero-order valence-electron chi connectivity index (χ0n) is 14.7.